The molecule has 27 heavy (non-hydrogen) atoms. The third-order valence-electron chi connectivity index (χ3n) is 4.23. The molecule has 0 aliphatic carbocycles. The van der Waals surface area contributed by atoms with Gasteiger partial charge in [0.05, 0.1) is 12.8 Å². The Morgan fingerprint density at radius 2 is 1.81 bits per heavy atom. The molecule has 3 rings (SSSR count). The molecule has 0 aliphatic heterocycles. The molecule has 0 saturated heterocycles. The van der Waals surface area contributed by atoms with Crippen LogP contribution in [0.3, 0.4) is 0 Å². The fraction of sp³-hybridized carbons (Fsp3) is 0.250. The van der Waals surface area contributed by atoms with Crippen LogP contribution in [0.5, 0.6) is 5.75 Å². The number of methoxy groups -OCH3 is 1. The van der Waals surface area contributed by atoms with E-state index in [1.165, 1.54) is 4.57 Å². The monoisotopic (exact) mass is 382 g/mol. The van der Waals surface area contributed by atoms with Gasteiger partial charge in [0, 0.05) is 5.56 Å². The van der Waals surface area contributed by atoms with Crippen molar-refractivity contribution < 1.29 is 9.53 Å². The first kappa shape index (κ1) is 18.8. The predicted molar refractivity (Wildman–Crippen MR) is 109 cm³/mol. The smallest absolute Gasteiger partial charge is 0.267 e. The zero-order valence-electron chi connectivity index (χ0n) is 15.7. The molecular formula is C20H22N4O2S. The number of nitrogens with zero attached hydrogens (tertiary/aromatic N) is 2. The van der Waals surface area contributed by atoms with Crippen LogP contribution in [-0.4, -0.2) is 27.8 Å². The van der Waals surface area contributed by atoms with Gasteiger partial charge in [-0.15, -0.1) is 5.10 Å². The van der Waals surface area contributed by atoms with E-state index in [1.54, 1.807) is 7.11 Å². The van der Waals surface area contributed by atoms with Crippen LogP contribution in [0.1, 0.15) is 36.7 Å². The molecule has 140 valence electrons. The Balaban J connectivity index is 1.95. The Morgan fingerprint density at radius 1 is 1.15 bits per heavy atom. The van der Waals surface area contributed by atoms with Crippen molar-refractivity contribution in [1.29, 1.82) is 0 Å². The van der Waals surface area contributed by atoms with Gasteiger partial charge in [0.15, 0.2) is 0 Å². The average molecular weight is 382 g/mol. The maximum Gasteiger partial charge on any atom is 0.267 e. The minimum Gasteiger partial charge on any atom is -0.495 e. The summed E-state index contributed by atoms with van der Waals surface area (Å²) >= 11 is 5.26. The first-order valence-electron chi connectivity index (χ1n) is 8.54. The van der Waals surface area contributed by atoms with Gasteiger partial charge in [-0.2, -0.15) is 0 Å². The van der Waals surface area contributed by atoms with E-state index in [-0.39, 0.29) is 16.1 Å². The van der Waals surface area contributed by atoms with E-state index in [4.69, 9.17) is 17.0 Å². The molecule has 3 aromatic rings. The van der Waals surface area contributed by atoms with Crippen molar-refractivity contribution in [2.24, 2.45) is 0 Å². The lowest BCUT2D eigenvalue weighted by molar-refractivity contribution is 0.0960. The molecule has 0 atom stereocenters. The summed E-state index contributed by atoms with van der Waals surface area (Å²) in [7, 11) is 1.58. The van der Waals surface area contributed by atoms with Crippen LogP contribution < -0.4 is 10.1 Å². The fourth-order valence-electron chi connectivity index (χ4n) is 2.68. The minimum atomic E-state index is -0.258. The number of nitrogens with one attached hydrogen (secondary N) is 2. The van der Waals surface area contributed by atoms with Gasteiger partial charge >= 0.3 is 0 Å². The molecule has 1 heterocycles. The van der Waals surface area contributed by atoms with Crippen LogP contribution in [0.2, 0.25) is 0 Å². The van der Waals surface area contributed by atoms with Crippen LogP contribution >= 0.6 is 12.2 Å². The fourth-order valence-corrected chi connectivity index (χ4v) is 2.89. The quantitative estimate of drug-likeness (QED) is 0.641. The maximum atomic E-state index is 13.0. The van der Waals surface area contributed by atoms with Crippen molar-refractivity contribution in [2.75, 3.05) is 12.4 Å². The van der Waals surface area contributed by atoms with Crippen LogP contribution in [0.4, 0.5) is 11.6 Å². The largest absolute Gasteiger partial charge is 0.495 e. The zero-order valence-corrected chi connectivity index (χ0v) is 16.6. The lowest BCUT2D eigenvalue weighted by Gasteiger charge is -2.19. The van der Waals surface area contributed by atoms with E-state index in [1.807, 2.05) is 48.5 Å². The van der Waals surface area contributed by atoms with Crippen LogP contribution in [0.15, 0.2) is 48.5 Å². The van der Waals surface area contributed by atoms with E-state index in [0.717, 1.165) is 5.56 Å². The summed E-state index contributed by atoms with van der Waals surface area (Å²) in [5.74, 6) is 0.681. The lowest BCUT2D eigenvalue weighted by Crippen LogP contribution is -2.16. The molecule has 1 aromatic heterocycles. The van der Waals surface area contributed by atoms with Crippen LogP contribution in [0.25, 0.3) is 0 Å². The summed E-state index contributed by atoms with van der Waals surface area (Å²) in [6.07, 6.45) is 0. The molecule has 7 heteroatoms. The number of carbonyl (C=O) groups excluding carboxylic acids is 1. The lowest BCUT2D eigenvalue weighted by atomic mass is 9.87. The van der Waals surface area contributed by atoms with Gasteiger partial charge in [-0.25, -0.2) is 9.67 Å². The van der Waals surface area contributed by atoms with Gasteiger partial charge in [-0.05, 0) is 47.5 Å². The van der Waals surface area contributed by atoms with E-state index >= 15 is 0 Å². The second-order valence-corrected chi connectivity index (χ2v) is 7.53. The average Bonchev–Trinajstić information content (AvgIpc) is 3.01. The van der Waals surface area contributed by atoms with Gasteiger partial charge in [-0.1, -0.05) is 45.0 Å². The van der Waals surface area contributed by atoms with Crippen molar-refractivity contribution >= 4 is 29.8 Å². The first-order valence-corrected chi connectivity index (χ1v) is 8.95. The number of para-hydroxylation sites is 2. The Bertz CT molecular complexity index is 1010. The molecule has 0 unspecified atom stereocenters. The first-order chi connectivity index (χ1) is 12.8. The summed E-state index contributed by atoms with van der Waals surface area (Å²) in [6, 6.07) is 14.9. The third-order valence-corrected chi connectivity index (χ3v) is 4.50. The molecule has 0 spiro atoms. The highest BCUT2D eigenvalue weighted by atomic mass is 32.1. The van der Waals surface area contributed by atoms with E-state index < -0.39 is 0 Å². The van der Waals surface area contributed by atoms with Gasteiger partial charge in [0.25, 0.3) is 5.91 Å². The van der Waals surface area contributed by atoms with Crippen molar-refractivity contribution in [1.82, 2.24) is 14.8 Å². The van der Waals surface area contributed by atoms with Crippen LogP contribution in [-0.2, 0) is 5.41 Å². The van der Waals surface area contributed by atoms with Crippen molar-refractivity contribution in [2.45, 2.75) is 26.2 Å². The van der Waals surface area contributed by atoms with Crippen molar-refractivity contribution in [3.63, 3.8) is 0 Å². The van der Waals surface area contributed by atoms with E-state index in [0.29, 0.717) is 22.9 Å². The summed E-state index contributed by atoms with van der Waals surface area (Å²) < 4.78 is 6.89. The van der Waals surface area contributed by atoms with Gasteiger partial charge in [0.2, 0.25) is 10.7 Å². The molecule has 0 amide bonds. The number of anilines is 2. The predicted octanol–water partition coefficient (Wildman–Crippen LogP) is 4.68. The van der Waals surface area contributed by atoms with Gasteiger partial charge < -0.3 is 10.1 Å². The number of H-pyrrole nitrogens is 1. The topological polar surface area (TPSA) is 71.9 Å². The number of aromatic nitrogens is 3. The minimum absolute atomic E-state index is 0.0180. The molecule has 0 saturated carbocycles. The normalized spacial score (nSPS) is 11.3. The van der Waals surface area contributed by atoms with E-state index in [2.05, 4.69) is 36.3 Å². The number of carbonyl (C=O) groups is 1. The highest BCUT2D eigenvalue weighted by Crippen LogP contribution is 2.27. The Labute approximate surface area is 163 Å². The molecule has 0 radical (unpaired) electrons. The summed E-state index contributed by atoms with van der Waals surface area (Å²) in [6.45, 7) is 6.39. The zero-order chi connectivity index (χ0) is 19.6. The van der Waals surface area contributed by atoms with Crippen molar-refractivity contribution in [3.05, 3.63) is 64.4 Å². The Hall–Kier alpha value is -2.93. The maximum absolute atomic E-state index is 13.0. The number of hydrogen-bond acceptors (Lipinski definition) is 5. The van der Waals surface area contributed by atoms with Crippen molar-refractivity contribution in [3.8, 4) is 5.75 Å². The molecule has 0 bridgehead atoms. The molecule has 2 N–H and O–H groups in total. The number of hydrogen-bond donors (Lipinski definition) is 2. The molecule has 2 aromatic carbocycles. The Kier molecular flexibility index (Phi) is 5.14. The second kappa shape index (κ2) is 7.36. The molecule has 0 aliphatic rings. The third kappa shape index (κ3) is 3.93. The highest BCUT2D eigenvalue weighted by Gasteiger charge is 2.19. The standard InChI is InChI=1S/C20H22N4O2S/c1-20(2,3)14-11-9-13(10-12-14)17(25)24-18(22-23-19(24)27)21-15-7-5-6-8-16(15)26-4/h5-12H,1-4H3,(H,21,22)(H,23,27). The Morgan fingerprint density at radius 3 is 2.44 bits per heavy atom. The SMILES string of the molecule is COc1ccccc1Nc1n[nH]c(=S)n1C(=O)c1ccc(C(C)(C)C)cc1. The van der Waals surface area contributed by atoms with Crippen LogP contribution in [0, 0.1) is 4.77 Å². The summed E-state index contributed by atoms with van der Waals surface area (Å²) in [4.78, 5) is 13.0. The number of rotatable bonds is 4. The number of benzene rings is 2. The van der Waals surface area contributed by atoms with Gasteiger partial charge in [-0.3, -0.25) is 4.79 Å². The molecular weight excluding hydrogens is 360 g/mol. The number of ether oxygens (including phenoxy) is 1. The highest BCUT2D eigenvalue weighted by molar-refractivity contribution is 7.71. The molecule has 0 fully saturated rings. The van der Waals surface area contributed by atoms with Gasteiger partial charge in [0.1, 0.15) is 5.75 Å². The second-order valence-electron chi connectivity index (χ2n) is 7.15. The summed E-state index contributed by atoms with van der Waals surface area (Å²) in [5, 5.41) is 9.93. The number of aromatic amines is 1. The molecule has 6 nitrogen and oxygen atoms in total. The van der Waals surface area contributed by atoms with E-state index in [9.17, 15) is 4.79 Å². The summed E-state index contributed by atoms with van der Waals surface area (Å²) in [5.41, 5.74) is 2.39.